The second-order valence-corrected chi connectivity index (χ2v) is 6.25. The highest BCUT2D eigenvalue weighted by Gasteiger charge is 2.76. The van der Waals surface area contributed by atoms with Gasteiger partial charge >= 0.3 is 8.97 Å². The van der Waals surface area contributed by atoms with Crippen molar-refractivity contribution in [1.29, 1.82) is 0 Å². The van der Waals surface area contributed by atoms with Crippen molar-refractivity contribution in [2.45, 2.75) is 0 Å². The van der Waals surface area contributed by atoms with E-state index in [4.69, 9.17) is 13.3 Å². The highest BCUT2D eigenvalue weighted by atomic mass is 28.4. The van der Waals surface area contributed by atoms with Crippen LogP contribution >= 0.6 is 0 Å². The molecule has 0 unspecified atom stereocenters. The maximum Gasteiger partial charge on any atom is 0.785 e. The van der Waals surface area contributed by atoms with Crippen LogP contribution in [0.4, 0.5) is 0 Å². The summed E-state index contributed by atoms with van der Waals surface area (Å²) in [5.74, 6) is 0. The fourth-order valence-electron chi connectivity index (χ4n) is 2.33. The third-order valence-corrected chi connectivity index (χ3v) is 6.53. The zero-order valence-electron chi connectivity index (χ0n) is 6.41. The van der Waals surface area contributed by atoms with Gasteiger partial charge in [-0.2, -0.15) is 0 Å². The SMILES string of the molecule is C1C[N+]23CCO[Si]2(O1)OCC3. The van der Waals surface area contributed by atoms with Crippen molar-refractivity contribution in [1.82, 2.24) is 0 Å². The van der Waals surface area contributed by atoms with Gasteiger partial charge in [0.1, 0.15) is 0 Å². The van der Waals surface area contributed by atoms with E-state index in [-0.39, 0.29) is 0 Å². The Hall–Kier alpha value is 0.0569. The minimum absolute atomic E-state index is 0.840. The van der Waals surface area contributed by atoms with Gasteiger partial charge in [-0.05, 0) is 0 Å². The predicted molar refractivity (Wildman–Crippen MR) is 38.5 cm³/mol. The fourth-order valence-corrected chi connectivity index (χ4v) is 5.54. The van der Waals surface area contributed by atoms with E-state index in [1.165, 1.54) is 0 Å². The Labute approximate surface area is 66.7 Å². The molecule has 0 atom stereocenters. The molecule has 0 amide bonds. The first-order chi connectivity index (χ1) is 5.37. The zero-order valence-corrected chi connectivity index (χ0v) is 7.41. The van der Waals surface area contributed by atoms with Crippen LogP contribution in [0.25, 0.3) is 0 Å². The van der Waals surface area contributed by atoms with Gasteiger partial charge in [0.25, 0.3) is 0 Å². The van der Waals surface area contributed by atoms with Gasteiger partial charge in [-0.1, -0.05) is 0 Å². The summed E-state index contributed by atoms with van der Waals surface area (Å²) in [5.41, 5.74) is 0. The number of rotatable bonds is 0. The molecule has 0 N–H and O–H groups in total. The van der Waals surface area contributed by atoms with Crippen LogP contribution in [-0.4, -0.2) is 52.6 Å². The van der Waals surface area contributed by atoms with Gasteiger partial charge in [0.15, 0.2) is 0 Å². The molecule has 3 heterocycles. The summed E-state index contributed by atoms with van der Waals surface area (Å²) >= 11 is 0. The molecule has 3 rings (SSSR count). The summed E-state index contributed by atoms with van der Waals surface area (Å²) in [7, 11) is -2.15. The third kappa shape index (κ3) is 0.597. The summed E-state index contributed by atoms with van der Waals surface area (Å²) in [6, 6.07) is 0. The minimum atomic E-state index is -2.15. The first kappa shape index (κ1) is 6.56. The quantitative estimate of drug-likeness (QED) is 0.456. The Morgan fingerprint density at radius 3 is 1.64 bits per heavy atom. The standard InChI is InChI=1S/C6H12NO3Si/c1-4-8-11-7(1,2-5-9-11)3-6-10-11/h1-6H2/q+1. The van der Waals surface area contributed by atoms with E-state index in [1.54, 1.807) is 0 Å². The highest BCUT2D eigenvalue weighted by molar-refractivity contribution is 6.54. The predicted octanol–water partition coefficient (Wildman–Crippen LogP) is -0.671. The monoisotopic (exact) mass is 174 g/mol. The Bertz CT molecular complexity index is 151. The molecule has 0 aromatic heterocycles. The smallest absolute Gasteiger partial charge is 0.319 e. The van der Waals surface area contributed by atoms with Gasteiger partial charge in [-0.15, -0.1) is 0 Å². The molecule has 3 fully saturated rings. The lowest BCUT2D eigenvalue weighted by Gasteiger charge is -2.26. The first-order valence-electron chi connectivity index (χ1n) is 4.15. The maximum atomic E-state index is 5.65. The number of hydrogen-bond donors (Lipinski definition) is 0. The highest BCUT2D eigenvalue weighted by Crippen LogP contribution is 2.38. The molecule has 0 radical (unpaired) electrons. The largest absolute Gasteiger partial charge is 0.785 e. The van der Waals surface area contributed by atoms with Crippen molar-refractivity contribution in [2.75, 3.05) is 39.5 Å². The van der Waals surface area contributed by atoms with Gasteiger partial charge in [0, 0.05) is 0 Å². The Morgan fingerprint density at radius 1 is 0.818 bits per heavy atom. The van der Waals surface area contributed by atoms with Crippen LogP contribution in [0.1, 0.15) is 0 Å². The van der Waals surface area contributed by atoms with Crippen molar-refractivity contribution < 1.29 is 17.4 Å². The van der Waals surface area contributed by atoms with Crippen LogP contribution in [0.15, 0.2) is 0 Å². The van der Waals surface area contributed by atoms with Crippen molar-refractivity contribution in [3.8, 4) is 0 Å². The van der Waals surface area contributed by atoms with Gasteiger partial charge < -0.3 is 17.4 Å². The lowest BCUT2D eigenvalue weighted by atomic mass is 10.4. The number of hydrogen-bond acceptors (Lipinski definition) is 3. The molecular formula is C6H12NO3Si+. The van der Waals surface area contributed by atoms with Crippen LogP contribution in [0.2, 0.25) is 0 Å². The van der Waals surface area contributed by atoms with E-state index in [1.807, 2.05) is 0 Å². The molecule has 3 aliphatic rings. The van der Waals surface area contributed by atoms with Crippen molar-refractivity contribution >= 4 is 8.97 Å². The summed E-state index contributed by atoms with van der Waals surface area (Å²) in [6.07, 6.45) is 0. The molecule has 0 spiro atoms. The van der Waals surface area contributed by atoms with Crippen LogP contribution in [-0.2, 0) is 13.3 Å². The van der Waals surface area contributed by atoms with E-state index in [9.17, 15) is 0 Å². The average molecular weight is 174 g/mol. The van der Waals surface area contributed by atoms with E-state index in [0.29, 0.717) is 0 Å². The van der Waals surface area contributed by atoms with Crippen LogP contribution in [0.3, 0.4) is 0 Å². The molecule has 5 heteroatoms. The molecular weight excluding hydrogens is 162 g/mol. The van der Waals surface area contributed by atoms with Gasteiger partial charge in [0.05, 0.1) is 39.5 Å². The molecule has 0 bridgehead atoms. The van der Waals surface area contributed by atoms with E-state index < -0.39 is 8.97 Å². The molecule has 3 saturated heterocycles. The summed E-state index contributed by atoms with van der Waals surface area (Å²) in [6.45, 7) is 5.87. The Balaban J connectivity index is 2.06. The summed E-state index contributed by atoms with van der Waals surface area (Å²) < 4.78 is 18.0. The van der Waals surface area contributed by atoms with Crippen LogP contribution < -0.4 is 0 Å². The Kier molecular flexibility index (Phi) is 1.11. The third-order valence-electron chi connectivity index (χ3n) is 2.99. The van der Waals surface area contributed by atoms with Crippen LogP contribution in [0, 0.1) is 0 Å². The molecule has 11 heavy (non-hydrogen) atoms. The summed E-state index contributed by atoms with van der Waals surface area (Å²) in [4.78, 5) is 0. The maximum absolute atomic E-state index is 5.65. The van der Waals surface area contributed by atoms with Crippen LogP contribution in [0.5, 0.6) is 0 Å². The van der Waals surface area contributed by atoms with Crippen molar-refractivity contribution in [3.05, 3.63) is 0 Å². The lowest BCUT2D eigenvalue weighted by Crippen LogP contribution is -2.59. The van der Waals surface area contributed by atoms with E-state index >= 15 is 0 Å². The van der Waals surface area contributed by atoms with Gasteiger partial charge in [-0.25, -0.2) is 0 Å². The second kappa shape index (κ2) is 1.86. The molecule has 4 nitrogen and oxygen atoms in total. The van der Waals surface area contributed by atoms with Gasteiger partial charge in [0.2, 0.25) is 0 Å². The topological polar surface area (TPSA) is 27.7 Å². The normalized spacial score (nSPS) is 54.5. The van der Waals surface area contributed by atoms with Gasteiger partial charge in [-0.3, -0.25) is 0 Å². The average Bonchev–Trinajstić information content (AvgIpc) is 2.40. The van der Waals surface area contributed by atoms with Crippen molar-refractivity contribution in [2.24, 2.45) is 0 Å². The molecule has 62 valence electrons. The first-order valence-corrected chi connectivity index (χ1v) is 5.82. The Morgan fingerprint density at radius 2 is 1.27 bits per heavy atom. The lowest BCUT2D eigenvalue weighted by molar-refractivity contribution is -0.815. The number of quaternary nitrogens is 1. The molecule has 3 aliphatic heterocycles. The van der Waals surface area contributed by atoms with E-state index in [0.717, 1.165) is 43.6 Å². The zero-order chi connectivity index (χ0) is 7.36. The molecule has 0 aromatic rings. The minimum Gasteiger partial charge on any atom is -0.319 e. The van der Waals surface area contributed by atoms with E-state index in [2.05, 4.69) is 0 Å². The second-order valence-electron chi connectivity index (χ2n) is 3.39. The fraction of sp³-hybridized carbons (Fsp3) is 1.00. The molecule has 0 saturated carbocycles. The summed E-state index contributed by atoms with van der Waals surface area (Å²) in [5, 5.41) is 0. The molecule has 0 aliphatic carbocycles. The number of nitrogens with zero attached hydrogens (tertiary/aromatic N) is 1. The van der Waals surface area contributed by atoms with Crippen molar-refractivity contribution in [3.63, 3.8) is 0 Å². The molecule has 0 aromatic carbocycles.